The zero-order valence-electron chi connectivity index (χ0n) is 10.3. The van der Waals surface area contributed by atoms with E-state index in [4.69, 9.17) is 4.74 Å². The maximum atomic E-state index is 13.0. The molecule has 1 aromatic heterocycles. The van der Waals surface area contributed by atoms with Crippen LogP contribution in [0, 0.1) is 5.82 Å². The number of aromatic nitrogens is 3. The van der Waals surface area contributed by atoms with Gasteiger partial charge in [0.2, 0.25) is 11.9 Å². The quantitative estimate of drug-likeness (QED) is 0.858. The minimum absolute atomic E-state index is 0.0580. The van der Waals surface area contributed by atoms with Gasteiger partial charge in [0.25, 0.3) is 0 Å². The third kappa shape index (κ3) is 3.77. The second-order valence-corrected chi connectivity index (χ2v) is 3.75. The molecule has 0 radical (unpaired) electrons. The second-order valence-electron chi connectivity index (χ2n) is 3.75. The fourth-order valence-corrected chi connectivity index (χ4v) is 1.50. The summed E-state index contributed by atoms with van der Waals surface area (Å²) >= 11 is 0. The Labute approximate surface area is 109 Å². The van der Waals surface area contributed by atoms with Crippen molar-refractivity contribution in [3.05, 3.63) is 35.6 Å². The van der Waals surface area contributed by atoms with Crippen LogP contribution in [0.15, 0.2) is 24.3 Å². The molecule has 0 aliphatic rings. The number of carbonyl (C=O) groups is 1. The number of amides is 1. The maximum Gasteiger partial charge on any atom is 0.337 e. The lowest BCUT2D eigenvalue weighted by atomic mass is 10.1. The van der Waals surface area contributed by atoms with Crippen molar-refractivity contribution in [2.24, 2.45) is 0 Å². The van der Waals surface area contributed by atoms with Gasteiger partial charge in [0, 0.05) is 0 Å². The number of anilines is 1. The van der Waals surface area contributed by atoms with Crippen molar-refractivity contribution in [3.63, 3.8) is 0 Å². The predicted molar refractivity (Wildman–Crippen MR) is 66.3 cm³/mol. The van der Waals surface area contributed by atoms with Crippen LogP contribution < -0.4 is 10.1 Å². The Morgan fingerprint density at radius 2 is 2.37 bits per heavy atom. The van der Waals surface area contributed by atoms with Crippen molar-refractivity contribution < 1.29 is 13.9 Å². The molecule has 19 heavy (non-hydrogen) atoms. The molecule has 0 saturated carbocycles. The van der Waals surface area contributed by atoms with E-state index in [-0.39, 0.29) is 30.1 Å². The summed E-state index contributed by atoms with van der Waals surface area (Å²) in [6.07, 6.45) is 0.0580. The lowest BCUT2D eigenvalue weighted by molar-refractivity contribution is -0.115. The van der Waals surface area contributed by atoms with Crippen molar-refractivity contribution in [2.75, 3.05) is 11.9 Å². The van der Waals surface area contributed by atoms with Gasteiger partial charge in [-0.2, -0.15) is 4.98 Å². The molecule has 0 bridgehead atoms. The molecule has 0 aliphatic carbocycles. The van der Waals surface area contributed by atoms with Gasteiger partial charge in [-0.05, 0) is 24.6 Å². The zero-order valence-corrected chi connectivity index (χ0v) is 10.3. The predicted octanol–water partition coefficient (Wildman–Crippen LogP) is 1.52. The van der Waals surface area contributed by atoms with Crippen molar-refractivity contribution in [1.82, 2.24) is 15.2 Å². The molecule has 6 nitrogen and oxygen atoms in total. The van der Waals surface area contributed by atoms with Crippen molar-refractivity contribution in [3.8, 4) is 6.01 Å². The van der Waals surface area contributed by atoms with Gasteiger partial charge in [-0.3, -0.25) is 10.1 Å². The Kier molecular flexibility index (Phi) is 4.07. The summed E-state index contributed by atoms with van der Waals surface area (Å²) in [6.45, 7) is 2.24. The molecule has 2 rings (SSSR count). The van der Waals surface area contributed by atoms with Crippen molar-refractivity contribution >= 4 is 11.9 Å². The third-order valence-electron chi connectivity index (χ3n) is 2.25. The van der Waals surface area contributed by atoms with Crippen LogP contribution in [0.2, 0.25) is 0 Å². The van der Waals surface area contributed by atoms with Crippen LogP contribution in [0.25, 0.3) is 0 Å². The highest BCUT2D eigenvalue weighted by Gasteiger charge is 2.08. The van der Waals surface area contributed by atoms with Gasteiger partial charge in [0.05, 0.1) is 13.0 Å². The fourth-order valence-electron chi connectivity index (χ4n) is 1.50. The molecule has 1 aromatic carbocycles. The summed E-state index contributed by atoms with van der Waals surface area (Å²) in [4.78, 5) is 15.6. The molecule has 0 saturated heterocycles. The lowest BCUT2D eigenvalue weighted by Gasteiger charge is -2.01. The van der Waals surface area contributed by atoms with Gasteiger partial charge in [-0.1, -0.05) is 12.1 Å². The molecule has 0 spiro atoms. The molecular weight excluding hydrogens is 251 g/mol. The van der Waals surface area contributed by atoms with E-state index >= 15 is 0 Å². The van der Waals surface area contributed by atoms with Gasteiger partial charge >= 0.3 is 6.01 Å². The van der Waals surface area contributed by atoms with Crippen LogP contribution in [0.1, 0.15) is 12.5 Å². The summed E-state index contributed by atoms with van der Waals surface area (Å²) in [7, 11) is 0. The fraction of sp³-hybridized carbons (Fsp3) is 0.250. The van der Waals surface area contributed by atoms with Crippen LogP contribution >= 0.6 is 0 Å². The average molecular weight is 264 g/mol. The summed E-state index contributed by atoms with van der Waals surface area (Å²) in [6, 6.07) is 6.04. The second kappa shape index (κ2) is 5.94. The zero-order chi connectivity index (χ0) is 13.7. The third-order valence-corrected chi connectivity index (χ3v) is 2.25. The molecule has 0 fully saturated rings. The van der Waals surface area contributed by atoms with E-state index in [9.17, 15) is 9.18 Å². The number of carbonyl (C=O) groups excluding carboxylic acids is 1. The number of hydrogen-bond donors (Lipinski definition) is 2. The number of ether oxygens (including phenoxy) is 1. The average Bonchev–Trinajstić information content (AvgIpc) is 2.77. The summed E-state index contributed by atoms with van der Waals surface area (Å²) in [5.74, 6) is -0.488. The highest BCUT2D eigenvalue weighted by Crippen LogP contribution is 2.08. The molecule has 2 N–H and O–H groups in total. The minimum atomic E-state index is -0.372. The van der Waals surface area contributed by atoms with Gasteiger partial charge in [0.15, 0.2) is 0 Å². The van der Waals surface area contributed by atoms with E-state index in [0.29, 0.717) is 12.2 Å². The van der Waals surface area contributed by atoms with Crippen LogP contribution in [0.5, 0.6) is 6.01 Å². The first-order chi connectivity index (χ1) is 9.17. The molecule has 7 heteroatoms. The van der Waals surface area contributed by atoms with E-state index in [1.165, 1.54) is 12.1 Å². The summed E-state index contributed by atoms with van der Waals surface area (Å²) in [5.41, 5.74) is 0.585. The van der Waals surface area contributed by atoms with E-state index in [1.54, 1.807) is 19.1 Å². The number of nitrogens with zero attached hydrogens (tertiary/aromatic N) is 2. The summed E-state index contributed by atoms with van der Waals surface area (Å²) in [5, 5.41) is 8.79. The van der Waals surface area contributed by atoms with Gasteiger partial charge in [-0.25, -0.2) is 9.49 Å². The molecule has 1 heterocycles. The van der Waals surface area contributed by atoms with Gasteiger partial charge in [-0.15, -0.1) is 5.10 Å². The van der Waals surface area contributed by atoms with Crippen LogP contribution in [-0.4, -0.2) is 27.7 Å². The van der Waals surface area contributed by atoms with Gasteiger partial charge < -0.3 is 4.74 Å². The molecule has 0 atom stereocenters. The Hall–Kier alpha value is -2.44. The standard InChI is InChI=1S/C12H13FN4O2/c1-2-19-12-15-11(16-17-12)14-10(18)7-8-4-3-5-9(13)6-8/h3-6H,2,7H2,1H3,(H2,14,15,16,17,18). The molecule has 1 amide bonds. The number of halogens is 1. The Morgan fingerprint density at radius 1 is 1.53 bits per heavy atom. The number of benzene rings is 1. The Bertz CT molecular complexity index is 570. The Balaban J connectivity index is 1.93. The normalized spacial score (nSPS) is 10.2. The maximum absolute atomic E-state index is 13.0. The van der Waals surface area contributed by atoms with E-state index in [2.05, 4.69) is 20.5 Å². The lowest BCUT2D eigenvalue weighted by Crippen LogP contribution is -2.15. The first-order valence-electron chi connectivity index (χ1n) is 5.77. The molecule has 2 aromatic rings. The molecule has 0 aliphatic heterocycles. The van der Waals surface area contributed by atoms with Crippen molar-refractivity contribution in [2.45, 2.75) is 13.3 Å². The SMILES string of the molecule is CCOc1n[nH]c(NC(=O)Cc2cccc(F)c2)n1. The largest absolute Gasteiger partial charge is 0.463 e. The number of H-pyrrole nitrogens is 1. The minimum Gasteiger partial charge on any atom is -0.463 e. The van der Waals surface area contributed by atoms with Crippen LogP contribution in [-0.2, 0) is 11.2 Å². The van der Waals surface area contributed by atoms with Crippen LogP contribution in [0.3, 0.4) is 0 Å². The monoisotopic (exact) mass is 264 g/mol. The van der Waals surface area contributed by atoms with Crippen molar-refractivity contribution in [1.29, 1.82) is 0 Å². The highest BCUT2D eigenvalue weighted by atomic mass is 19.1. The smallest absolute Gasteiger partial charge is 0.337 e. The highest BCUT2D eigenvalue weighted by molar-refractivity contribution is 5.90. The molecular formula is C12H13FN4O2. The van der Waals surface area contributed by atoms with E-state index in [1.807, 2.05) is 0 Å². The molecule has 0 unspecified atom stereocenters. The number of rotatable bonds is 5. The Morgan fingerprint density at radius 3 is 3.11 bits per heavy atom. The van der Waals surface area contributed by atoms with E-state index < -0.39 is 0 Å². The van der Waals surface area contributed by atoms with E-state index in [0.717, 1.165) is 0 Å². The molecule has 100 valence electrons. The topological polar surface area (TPSA) is 79.9 Å². The van der Waals surface area contributed by atoms with Gasteiger partial charge in [0.1, 0.15) is 5.82 Å². The first kappa shape index (κ1) is 13.0. The van der Waals surface area contributed by atoms with Crippen LogP contribution in [0.4, 0.5) is 10.3 Å². The number of aromatic amines is 1. The first-order valence-corrected chi connectivity index (χ1v) is 5.77. The number of hydrogen-bond acceptors (Lipinski definition) is 4. The number of nitrogens with one attached hydrogen (secondary N) is 2. The summed E-state index contributed by atoms with van der Waals surface area (Å²) < 4.78 is 18.0.